The van der Waals surface area contributed by atoms with E-state index in [1.807, 2.05) is 23.9 Å². The zero-order chi connectivity index (χ0) is 18.6. The third-order valence-electron chi connectivity index (χ3n) is 4.53. The second-order valence-corrected chi connectivity index (χ2v) is 8.81. The van der Waals surface area contributed by atoms with Crippen molar-refractivity contribution in [3.05, 3.63) is 24.4 Å². The Hall–Kier alpha value is -1.67. The van der Waals surface area contributed by atoms with Crippen LogP contribution in [0.4, 0.5) is 5.82 Å². The smallest absolute Gasteiger partial charge is 0.190 e. The SMILES string of the molecule is Cn1cnnc1SCCCN1CCN(c2ccnc(C(C)(C)C)n2)CC1. The fourth-order valence-corrected chi connectivity index (χ4v) is 3.75. The van der Waals surface area contributed by atoms with Crippen molar-refractivity contribution in [2.24, 2.45) is 7.05 Å². The van der Waals surface area contributed by atoms with E-state index < -0.39 is 0 Å². The fraction of sp³-hybridized carbons (Fsp3) is 0.667. The van der Waals surface area contributed by atoms with Gasteiger partial charge in [-0.15, -0.1) is 10.2 Å². The van der Waals surface area contributed by atoms with E-state index >= 15 is 0 Å². The van der Waals surface area contributed by atoms with Gasteiger partial charge in [0.1, 0.15) is 18.0 Å². The summed E-state index contributed by atoms with van der Waals surface area (Å²) >= 11 is 1.78. The van der Waals surface area contributed by atoms with E-state index in [0.29, 0.717) is 0 Å². The lowest BCUT2D eigenvalue weighted by atomic mass is 9.96. The van der Waals surface area contributed by atoms with Gasteiger partial charge in [0.15, 0.2) is 5.16 Å². The molecule has 2 aromatic heterocycles. The minimum Gasteiger partial charge on any atom is -0.354 e. The highest BCUT2D eigenvalue weighted by Crippen LogP contribution is 2.21. The Labute approximate surface area is 160 Å². The summed E-state index contributed by atoms with van der Waals surface area (Å²) in [5.74, 6) is 3.05. The Morgan fingerprint density at radius 2 is 1.92 bits per heavy atom. The number of aryl methyl sites for hydroxylation is 1. The van der Waals surface area contributed by atoms with Gasteiger partial charge in [-0.1, -0.05) is 32.5 Å². The number of anilines is 1. The van der Waals surface area contributed by atoms with Crippen molar-refractivity contribution >= 4 is 17.6 Å². The standard InChI is InChI=1S/C18H29N7S/c1-18(2,3)16-19-7-6-15(21-16)25-11-9-24(10-12-25)8-5-13-26-17-22-20-14-23(17)4/h6-7,14H,5,8-13H2,1-4H3. The molecule has 2 aromatic rings. The molecule has 0 spiro atoms. The summed E-state index contributed by atoms with van der Waals surface area (Å²) in [4.78, 5) is 14.1. The maximum absolute atomic E-state index is 4.78. The van der Waals surface area contributed by atoms with Gasteiger partial charge in [-0.25, -0.2) is 9.97 Å². The molecule has 0 radical (unpaired) electrons. The summed E-state index contributed by atoms with van der Waals surface area (Å²) in [6, 6.07) is 2.03. The molecule has 0 atom stereocenters. The van der Waals surface area contributed by atoms with E-state index in [-0.39, 0.29) is 5.41 Å². The lowest BCUT2D eigenvalue weighted by molar-refractivity contribution is 0.258. The first-order chi connectivity index (χ1) is 12.4. The highest BCUT2D eigenvalue weighted by Gasteiger charge is 2.21. The molecule has 0 N–H and O–H groups in total. The monoisotopic (exact) mass is 375 g/mol. The van der Waals surface area contributed by atoms with Gasteiger partial charge in [0, 0.05) is 50.6 Å². The minimum absolute atomic E-state index is 0.0157. The average molecular weight is 376 g/mol. The Kier molecular flexibility index (Phi) is 6.13. The molecule has 0 aliphatic carbocycles. The van der Waals surface area contributed by atoms with E-state index in [4.69, 9.17) is 4.98 Å². The molecule has 1 aliphatic heterocycles. The van der Waals surface area contributed by atoms with Gasteiger partial charge in [0.25, 0.3) is 0 Å². The molecule has 26 heavy (non-hydrogen) atoms. The number of hydrogen-bond donors (Lipinski definition) is 0. The molecular formula is C18H29N7S. The van der Waals surface area contributed by atoms with Gasteiger partial charge in [-0.05, 0) is 19.0 Å². The van der Waals surface area contributed by atoms with Crippen molar-refractivity contribution < 1.29 is 0 Å². The quantitative estimate of drug-likeness (QED) is 0.566. The van der Waals surface area contributed by atoms with Crippen LogP contribution in [0.2, 0.25) is 0 Å². The molecule has 142 valence electrons. The van der Waals surface area contributed by atoms with E-state index in [1.165, 1.54) is 6.42 Å². The van der Waals surface area contributed by atoms with Crippen LogP contribution in [0.3, 0.4) is 0 Å². The van der Waals surface area contributed by atoms with E-state index in [1.54, 1.807) is 18.1 Å². The molecule has 3 rings (SSSR count). The van der Waals surface area contributed by atoms with Gasteiger partial charge >= 0.3 is 0 Å². The number of aromatic nitrogens is 5. The number of nitrogens with zero attached hydrogens (tertiary/aromatic N) is 7. The van der Waals surface area contributed by atoms with Gasteiger partial charge < -0.3 is 9.47 Å². The summed E-state index contributed by atoms with van der Waals surface area (Å²) in [5, 5.41) is 9.02. The summed E-state index contributed by atoms with van der Waals surface area (Å²) < 4.78 is 1.97. The first-order valence-electron chi connectivity index (χ1n) is 9.21. The molecule has 0 unspecified atom stereocenters. The molecular weight excluding hydrogens is 346 g/mol. The van der Waals surface area contributed by atoms with Crippen LogP contribution in [0.25, 0.3) is 0 Å². The number of thioether (sulfide) groups is 1. The van der Waals surface area contributed by atoms with Crippen molar-refractivity contribution in [3.63, 3.8) is 0 Å². The first-order valence-corrected chi connectivity index (χ1v) is 10.2. The van der Waals surface area contributed by atoms with Crippen molar-refractivity contribution in [1.82, 2.24) is 29.6 Å². The zero-order valence-corrected chi connectivity index (χ0v) is 17.0. The number of piperazine rings is 1. The molecule has 1 saturated heterocycles. The van der Waals surface area contributed by atoms with Gasteiger partial charge in [0.05, 0.1) is 0 Å². The van der Waals surface area contributed by atoms with Gasteiger partial charge in [-0.3, -0.25) is 4.90 Å². The van der Waals surface area contributed by atoms with E-state index in [2.05, 4.69) is 45.8 Å². The van der Waals surface area contributed by atoms with Crippen molar-refractivity contribution in [2.45, 2.75) is 37.8 Å². The van der Waals surface area contributed by atoms with Crippen molar-refractivity contribution in [2.75, 3.05) is 43.4 Å². The van der Waals surface area contributed by atoms with Crippen LogP contribution in [0.1, 0.15) is 33.0 Å². The second-order valence-electron chi connectivity index (χ2n) is 7.74. The molecule has 0 amide bonds. The van der Waals surface area contributed by atoms with Crippen LogP contribution < -0.4 is 4.90 Å². The first kappa shape index (κ1) is 19.1. The van der Waals surface area contributed by atoms with Gasteiger partial charge in [0.2, 0.25) is 0 Å². The topological polar surface area (TPSA) is 63.0 Å². The summed E-state index contributed by atoms with van der Waals surface area (Å²) in [7, 11) is 1.99. The highest BCUT2D eigenvalue weighted by atomic mass is 32.2. The fourth-order valence-electron chi connectivity index (χ4n) is 2.94. The van der Waals surface area contributed by atoms with Crippen molar-refractivity contribution in [3.8, 4) is 0 Å². The zero-order valence-electron chi connectivity index (χ0n) is 16.2. The van der Waals surface area contributed by atoms with Crippen LogP contribution in [-0.4, -0.2) is 68.1 Å². The molecule has 0 bridgehead atoms. The number of rotatable bonds is 6. The third-order valence-corrected chi connectivity index (χ3v) is 5.65. The van der Waals surface area contributed by atoms with Crippen LogP contribution in [0.5, 0.6) is 0 Å². The average Bonchev–Trinajstić information content (AvgIpc) is 3.04. The molecule has 3 heterocycles. The highest BCUT2D eigenvalue weighted by molar-refractivity contribution is 7.99. The maximum Gasteiger partial charge on any atom is 0.190 e. The van der Waals surface area contributed by atoms with Crippen LogP contribution in [-0.2, 0) is 12.5 Å². The largest absolute Gasteiger partial charge is 0.354 e. The number of hydrogen-bond acceptors (Lipinski definition) is 7. The van der Waals surface area contributed by atoms with E-state index in [0.717, 1.165) is 55.3 Å². The molecule has 0 saturated carbocycles. The van der Waals surface area contributed by atoms with Gasteiger partial charge in [-0.2, -0.15) is 0 Å². The molecule has 0 aromatic carbocycles. The predicted molar refractivity (Wildman–Crippen MR) is 106 cm³/mol. The molecule has 1 fully saturated rings. The Bertz CT molecular complexity index is 702. The lowest BCUT2D eigenvalue weighted by Gasteiger charge is -2.35. The minimum atomic E-state index is -0.0157. The Balaban J connectivity index is 1.42. The predicted octanol–water partition coefficient (Wildman–Crippen LogP) is 2.21. The van der Waals surface area contributed by atoms with Crippen LogP contribution in [0.15, 0.2) is 23.7 Å². The summed E-state index contributed by atoms with van der Waals surface area (Å²) in [6.07, 6.45) is 4.80. The second kappa shape index (κ2) is 8.35. The Morgan fingerprint density at radius 3 is 2.58 bits per heavy atom. The van der Waals surface area contributed by atoms with Crippen molar-refractivity contribution in [1.29, 1.82) is 0 Å². The molecule has 1 aliphatic rings. The summed E-state index contributed by atoms with van der Waals surface area (Å²) in [6.45, 7) is 11.8. The van der Waals surface area contributed by atoms with E-state index in [9.17, 15) is 0 Å². The Morgan fingerprint density at radius 1 is 1.15 bits per heavy atom. The molecule has 8 heteroatoms. The van der Waals surface area contributed by atoms with Crippen LogP contribution in [0, 0.1) is 0 Å². The lowest BCUT2D eigenvalue weighted by Crippen LogP contribution is -2.47. The third kappa shape index (κ3) is 4.94. The normalized spacial score (nSPS) is 16.2. The maximum atomic E-state index is 4.78. The summed E-state index contributed by atoms with van der Waals surface area (Å²) in [5.41, 5.74) is -0.0157. The molecule has 7 nitrogen and oxygen atoms in total. The van der Waals surface area contributed by atoms with Crippen LogP contribution >= 0.6 is 11.8 Å².